The van der Waals surface area contributed by atoms with Crippen LogP contribution in [0.3, 0.4) is 0 Å². The minimum atomic E-state index is 0.504. The maximum absolute atomic E-state index is 4.83. The zero-order valence-electron chi connectivity index (χ0n) is 16.2. The highest BCUT2D eigenvalue weighted by Crippen LogP contribution is 2.24. The van der Waals surface area contributed by atoms with Gasteiger partial charge in [0, 0.05) is 12.2 Å². The van der Waals surface area contributed by atoms with Gasteiger partial charge < -0.3 is 10.2 Å². The zero-order chi connectivity index (χ0) is 18.4. The van der Waals surface area contributed by atoms with Crippen LogP contribution >= 0.6 is 0 Å². The fourth-order valence-electron chi connectivity index (χ4n) is 3.63. The first-order valence-corrected chi connectivity index (χ1v) is 9.81. The van der Waals surface area contributed by atoms with Crippen molar-refractivity contribution in [3.05, 3.63) is 66.2 Å². The van der Waals surface area contributed by atoms with Gasteiger partial charge in [0.2, 0.25) is 0 Å². The number of nitrogens with one attached hydrogen (secondary N) is 1. The lowest BCUT2D eigenvalue weighted by Gasteiger charge is -2.30. The molecule has 2 atom stereocenters. The largest absolute Gasteiger partial charge is 0.338 e. The molecule has 3 heteroatoms. The van der Waals surface area contributed by atoms with Crippen molar-refractivity contribution in [2.45, 2.75) is 45.6 Å². The van der Waals surface area contributed by atoms with Gasteiger partial charge in [0.25, 0.3) is 0 Å². The Morgan fingerprint density at radius 2 is 1.65 bits per heavy atom. The number of nitrogens with zero attached hydrogens (tertiary/aromatic N) is 2. The van der Waals surface area contributed by atoms with Crippen molar-refractivity contribution in [3.8, 4) is 0 Å². The maximum atomic E-state index is 4.83. The van der Waals surface area contributed by atoms with Crippen LogP contribution in [-0.2, 0) is 0 Å². The van der Waals surface area contributed by atoms with Crippen LogP contribution in [0.1, 0.15) is 45.1 Å². The molecule has 0 aromatic heterocycles. The molecule has 3 nitrogen and oxygen atoms in total. The minimum absolute atomic E-state index is 0.504. The van der Waals surface area contributed by atoms with Crippen molar-refractivity contribution in [1.29, 1.82) is 0 Å². The third-order valence-corrected chi connectivity index (χ3v) is 5.11. The second-order valence-electron chi connectivity index (χ2n) is 7.73. The summed E-state index contributed by atoms with van der Waals surface area (Å²) in [6, 6.07) is 21.7. The standard InChI is InChI=1S/C23H31N3/c1-18(2)16-22-17-24-23(25-21-12-8-5-9-13-21)26(22)15-14-19(3)20-10-6-4-7-11-20/h4-13,18-19,22H,14-17H2,1-3H3,(H,24,25)/t19?,22-/m0/s1. The molecule has 2 aromatic rings. The predicted octanol–water partition coefficient (Wildman–Crippen LogP) is 5.38. The van der Waals surface area contributed by atoms with Crippen LogP contribution in [0.5, 0.6) is 0 Å². The molecule has 0 spiro atoms. The highest BCUT2D eigenvalue weighted by atomic mass is 15.4. The van der Waals surface area contributed by atoms with Gasteiger partial charge >= 0.3 is 0 Å². The van der Waals surface area contributed by atoms with E-state index in [1.54, 1.807) is 0 Å². The average molecular weight is 350 g/mol. The third-order valence-electron chi connectivity index (χ3n) is 5.11. The van der Waals surface area contributed by atoms with E-state index in [1.165, 1.54) is 12.0 Å². The Balaban J connectivity index is 1.66. The molecule has 1 heterocycles. The first-order chi connectivity index (χ1) is 12.6. The van der Waals surface area contributed by atoms with Gasteiger partial charge in [0.15, 0.2) is 5.96 Å². The van der Waals surface area contributed by atoms with Crippen molar-refractivity contribution >= 4 is 11.6 Å². The summed E-state index contributed by atoms with van der Waals surface area (Å²) in [5, 5.41) is 3.53. The van der Waals surface area contributed by atoms with Crippen molar-refractivity contribution in [2.75, 3.05) is 18.4 Å². The zero-order valence-corrected chi connectivity index (χ0v) is 16.2. The van der Waals surface area contributed by atoms with Crippen molar-refractivity contribution in [2.24, 2.45) is 10.9 Å². The molecule has 0 saturated heterocycles. The van der Waals surface area contributed by atoms with E-state index in [0.29, 0.717) is 17.9 Å². The molecule has 0 aliphatic carbocycles. The average Bonchev–Trinajstić information content (AvgIpc) is 3.02. The fourth-order valence-corrected chi connectivity index (χ4v) is 3.63. The number of hydrogen-bond donors (Lipinski definition) is 1. The summed E-state index contributed by atoms with van der Waals surface area (Å²) in [5.74, 6) is 2.26. The molecule has 3 rings (SSSR count). The Morgan fingerprint density at radius 3 is 2.31 bits per heavy atom. The lowest BCUT2D eigenvalue weighted by Crippen LogP contribution is -2.41. The van der Waals surface area contributed by atoms with E-state index in [1.807, 2.05) is 6.07 Å². The van der Waals surface area contributed by atoms with Gasteiger partial charge in [0.1, 0.15) is 0 Å². The molecule has 26 heavy (non-hydrogen) atoms. The van der Waals surface area contributed by atoms with Crippen LogP contribution in [0.4, 0.5) is 5.69 Å². The van der Waals surface area contributed by atoms with Crippen LogP contribution in [0.2, 0.25) is 0 Å². The van der Waals surface area contributed by atoms with Gasteiger partial charge in [-0.3, -0.25) is 4.99 Å². The highest BCUT2D eigenvalue weighted by Gasteiger charge is 2.28. The SMILES string of the molecule is CC(C)C[C@H]1CN=C(Nc2ccccc2)N1CCC(C)c1ccccc1. The Labute approximate surface area is 158 Å². The van der Waals surface area contributed by atoms with E-state index < -0.39 is 0 Å². The molecule has 2 aromatic carbocycles. The summed E-state index contributed by atoms with van der Waals surface area (Å²) < 4.78 is 0. The third kappa shape index (κ3) is 4.87. The van der Waals surface area contributed by atoms with Gasteiger partial charge in [-0.2, -0.15) is 0 Å². The van der Waals surface area contributed by atoms with Crippen LogP contribution in [0.25, 0.3) is 0 Å². The van der Waals surface area contributed by atoms with Crippen molar-refractivity contribution < 1.29 is 0 Å². The van der Waals surface area contributed by atoms with Gasteiger partial charge in [-0.1, -0.05) is 69.3 Å². The van der Waals surface area contributed by atoms with Gasteiger partial charge in [-0.15, -0.1) is 0 Å². The van der Waals surface area contributed by atoms with Crippen LogP contribution in [0.15, 0.2) is 65.7 Å². The minimum Gasteiger partial charge on any atom is -0.338 e. The molecule has 0 saturated carbocycles. The topological polar surface area (TPSA) is 27.6 Å². The molecule has 1 N–H and O–H groups in total. The summed E-state index contributed by atoms with van der Waals surface area (Å²) >= 11 is 0. The summed E-state index contributed by atoms with van der Waals surface area (Å²) in [6.45, 7) is 8.85. The molecule has 0 radical (unpaired) electrons. The quantitative estimate of drug-likeness (QED) is 0.727. The second-order valence-corrected chi connectivity index (χ2v) is 7.73. The summed E-state index contributed by atoms with van der Waals surface area (Å²) in [6.07, 6.45) is 2.32. The van der Waals surface area contributed by atoms with E-state index in [9.17, 15) is 0 Å². The molecule has 0 bridgehead atoms. The molecular formula is C23H31N3. The van der Waals surface area contributed by atoms with E-state index in [-0.39, 0.29) is 0 Å². The maximum Gasteiger partial charge on any atom is 0.198 e. The number of guanidine groups is 1. The van der Waals surface area contributed by atoms with Gasteiger partial charge in [0.05, 0.1) is 12.6 Å². The molecule has 1 aliphatic heterocycles. The normalized spacial score (nSPS) is 18.1. The number of hydrogen-bond acceptors (Lipinski definition) is 3. The Morgan fingerprint density at radius 1 is 1.00 bits per heavy atom. The van der Waals surface area contributed by atoms with Gasteiger partial charge in [-0.25, -0.2) is 0 Å². The first-order valence-electron chi connectivity index (χ1n) is 9.81. The van der Waals surface area contributed by atoms with Crippen molar-refractivity contribution in [3.63, 3.8) is 0 Å². The number of benzene rings is 2. The van der Waals surface area contributed by atoms with Gasteiger partial charge in [-0.05, 0) is 42.4 Å². The van der Waals surface area contributed by atoms with Crippen LogP contribution in [0, 0.1) is 5.92 Å². The van der Waals surface area contributed by atoms with E-state index >= 15 is 0 Å². The summed E-state index contributed by atoms with van der Waals surface area (Å²) in [5.41, 5.74) is 2.53. The fraction of sp³-hybridized carbons (Fsp3) is 0.435. The van der Waals surface area contributed by atoms with Crippen LogP contribution in [-0.4, -0.2) is 30.0 Å². The number of para-hydroxylation sites is 1. The molecule has 0 amide bonds. The Bertz CT molecular complexity index is 694. The van der Waals surface area contributed by atoms with Crippen LogP contribution < -0.4 is 5.32 Å². The summed E-state index contributed by atoms with van der Waals surface area (Å²) in [7, 11) is 0. The number of aliphatic imine (C=N–C) groups is 1. The molecule has 1 unspecified atom stereocenters. The monoisotopic (exact) mass is 349 g/mol. The lowest BCUT2D eigenvalue weighted by atomic mass is 9.97. The highest BCUT2D eigenvalue weighted by molar-refractivity contribution is 5.95. The number of anilines is 1. The molecule has 1 aliphatic rings. The molecule has 138 valence electrons. The van der Waals surface area contributed by atoms with Crippen molar-refractivity contribution in [1.82, 2.24) is 4.90 Å². The Kier molecular flexibility index (Phi) is 6.32. The number of rotatable bonds is 7. The first kappa shape index (κ1) is 18.5. The van der Waals surface area contributed by atoms with E-state index in [2.05, 4.69) is 85.6 Å². The van der Waals surface area contributed by atoms with E-state index in [4.69, 9.17) is 4.99 Å². The second kappa shape index (κ2) is 8.88. The van der Waals surface area contributed by atoms with E-state index in [0.717, 1.165) is 31.2 Å². The molecular weight excluding hydrogens is 318 g/mol. The lowest BCUT2D eigenvalue weighted by molar-refractivity contribution is 0.290. The smallest absolute Gasteiger partial charge is 0.198 e. The summed E-state index contributed by atoms with van der Waals surface area (Å²) in [4.78, 5) is 7.32. The Hall–Kier alpha value is -2.29. The molecule has 0 fully saturated rings. The predicted molar refractivity (Wildman–Crippen MR) is 112 cm³/mol.